The molecule has 0 aromatic heterocycles. The van der Waals surface area contributed by atoms with E-state index in [1.165, 1.54) is 173 Å². The zero-order valence-corrected chi connectivity index (χ0v) is 40.2. The Morgan fingerprint density at radius 3 is 1.34 bits per heavy atom. The molecule has 0 saturated carbocycles. The van der Waals surface area contributed by atoms with Crippen LogP contribution in [0.1, 0.15) is 245 Å². The van der Waals surface area contributed by atoms with Gasteiger partial charge in [-0.3, -0.25) is 9.36 Å². The molecule has 0 rings (SSSR count). The van der Waals surface area contributed by atoms with E-state index >= 15 is 0 Å². The smallest absolute Gasteiger partial charge is 0.268 e. The summed E-state index contributed by atoms with van der Waals surface area (Å²) in [4.78, 5) is 25.4. The van der Waals surface area contributed by atoms with Gasteiger partial charge in [-0.1, -0.05) is 212 Å². The number of likely N-dealkylation sites (N-methyl/N-ethyl adjacent to an activating group) is 1. The van der Waals surface area contributed by atoms with Gasteiger partial charge in [0.15, 0.2) is 0 Å². The summed E-state index contributed by atoms with van der Waals surface area (Å²) >= 11 is 0. The van der Waals surface area contributed by atoms with Gasteiger partial charge in [0.25, 0.3) is 7.82 Å². The molecule has 58 heavy (non-hydrogen) atoms. The number of rotatable bonds is 46. The number of allylic oxidation sites excluding steroid dienone is 2. The Balaban J connectivity index is 4.27. The monoisotopic (exact) mass is 843 g/mol. The van der Waals surface area contributed by atoms with Crippen LogP contribution in [0.2, 0.25) is 0 Å². The average molecular weight is 843 g/mol. The first-order chi connectivity index (χ1) is 28.0. The third-order valence-electron chi connectivity index (χ3n) is 11.5. The van der Waals surface area contributed by atoms with E-state index in [9.17, 15) is 19.4 Å². The number of amides is 1. The molecule has 9 heteroatoms. The Kier molecular flexibility index (Phi) is 41.0. The van der Waals surface area contributed by atoms with Crippen LogP contribution in [0, 0.1) is 0 Å². The molecule has 1 amide bonds. The fourth-order valence-corrected chi connectivity index (χ4v) is 8.23. The normalized spacial score (nSPS) is 14.3. The molecule has 0 aliphatic rings. The van der Waals surface area contributed by atoms with Crippen molar-refractivity contribution in [2.45, 2.75) is 257 Å². The summed E-state index contributed by atoms with van der Waals surface area (Å²) in [5, 5.41) is 13.9. The van der Waals surface area contributed by atoms with Gasteiger partial charge in [0.05, 0.1) is 39.9 Å². The molecule has 0 heterocycles. The van der Waals surface area contributed by atoms with Gasteiger partial charge >= 0.3 is 0 Å². The molecule has 0 aromatic carbocycles. The average Bonchev–Trinajstić information content (AvgIpc) is 3.17. The van der Waals surface area contributed by atoms with Crippen LogP contribution in [0.3, 0.4) is 0 Å². The predicted molar refractivity (Wildman–Crippen MR) is 247 cm³/mol. The molecule has 0 spiro atoms. The fraction of sp³-hybridized carbons (Fsp3) is 0.939. The first-order valence-corrected chi connectivity index (χ1v) is 26.5. The minimum Gasteiger partial charge on any atom is -0.756 e. The molecule has 1 unspecified atom stereocenters. The SMILES string of the molecule is CCCCCCCCCCCC/C=C/CCCC[C@@H](O)[C@H](COP(=O)([O-])OCC[N+](C)(C)C)NC(=O)CCCCCCCCCCCCCCCCCCCCCC. The number of carbonyl (C=O) groups excluding carboxylic acids is 1. The molecular weight excluding hydrogens is 744 g/mol. The minimum atomic E-state index is -4.57. The lowest BCUT2D eigenvalue weighted by molar-refractivity contribution is -0.870. The fourth-order valence-electron chi connectivity index (χ4n) is 7.51. The molecule has 0 bridgehead atoms. The number of carbonyl (C=O) groups is 1. The summed E-state index contributed by atoms with van der Waals surface area (Å²) in [5.41, 5.74) is 0. The number of hydrogen-bond acceptors (Lipinski definition) is 6. The van der Waals surface area contributed by atoms with Gasteiger partial charge in [0.1, 0.15) is 13.2 Å². The molecule has 0 aliphatic carbocycles. The van der Waals surface area contributed by atoms with Crippen molar-refractivity contribution in [1.29, 1.82) is 0 Å². The summed E-state index contributed by atoms with van der Waals surface area (Å²) in [6, 6.07) is -0.811. The third kappa shape index (κ3) is 43.3. The number of phosphoric ester groups is 1. The number of nitrogens with zero attached hydrogens (tertiary/aromatic N) is 1. The van der Waals surface area contributed by atoms with Crippen LogP contribution in [0.25, 0.3) is 0 Å². The lowest BCUT2D eigenvalue weighted by Crippen LogP contribution is -2.46. The second kappa shape index (κ2) is 41.6. The van der Waals surface area contributed by atoms with Crippen LogP contribution in [0.15, 0.2) is 12.2 Å². The molecule has 8 nitrogen and oxygen atoms in total. The van der Waals surface area contributed by atoms with Crippen LogP contribution >= 0.6 is 7.82 Å². The summed E-state index contributed by atoms with van der Waals surface area (Å²) in [6.07, 6.45) is 47.9. The largest absolute Gasteiger partial charge is 0.756 e. The van der Waals surface area contributed by atoms with Crippen LogP contribution < -0.4 is 10.2 Å². The number of phosphoric acid groups is 1. The van der Waals surface area contributed by atoms with E-state index in [1.54, 1.807) is 0 Å². The number of aliphatic hydroxyl groups is 1. The highest BCUT2D eigenvalue weighted by molar-refractivity contribution is 7.45. The maximum atomic E-state index is 12.9. The number of quaternary nitrogens is 1. The first-order valence-electron chi connectivity index (χ1n) is 25.0. The Hall–Kier alpha value is -0.760. The van der Waals surface area contributed by atoms with Crippen molar-refractivity contribution in [2.75, 3.05) is 40.9 Å². The van der Waals surface area contributed by atoms with Gasteiger partial charge in [-0.25, -0.2) is 0 Å². The highest BCUT2D eigenvalue weighted by atomic mass is 31.2. The second-order valence-electron chi connectivity index (χ2n) is 18.5. The maximum absolute atomic E-state index is 12.9. The Morgan fingerprint density at radius 2 is 0.948 bits per heavy atom. The van der Waals surface area contributed by atoms with Gasteiger partial charge in [-0.15, -0.1) is 0 Å². The number of aliphatic hydroxyl groups excluding tert-OH is 1. The lowest BCUT2D eigenvalue weighted by Gasteiger charge is -2.30. The predicted octanol–water partition coefficient (Wildman–Crippen LogP) is 13.7. The summed E-state index contributed by atoms with van der Waals surface area (Å²) in [5.74, 6) is -0.170. The second-order valence-corrected chi connectivity index (χ2v) is 19.9. The van der Waals surface area contributed by atoms with Crippen LogP contribution in [0.4, 0.5) is 0 Å². The maximum Gasteiger partial charge on any atom is 0.268 e. The van der Waals surface area contributed by atoms with E-state index in [4.69, 9.17) is 9.05 Å². The summed E-state index contributed by atoms with van der Waals surface area (Å²) in [7, 11) is 1.30. The van der Waals surface area contributed by atoms with Gasteiger partial charge in [0, 0.05) is 6.42 Å². The number of nitrogens with one attached hydrogen (secondary N) is 1. The molecule has 346 valence electrons. The zero-order chi connectivity index (χ0) is 42.8. The molecule has 0 aliphatic heterocycles. The van der Waals surface area contributed by atoms with Crippen molar-refractivity contribution < 1.29 is 32.9 Å². The number of hydrogen-bond donors (Lipinski definition) is 2. The molecular formula is C49H99N2O6P. The molecule has 3 atom stereocenters. The topological polar surface area (TPSA) is 108 Å². The van der Waals surface area contributed by atoms with E-state index in [0.717, 1.165) is 44.9 Å². The summed E-state index contributed by atoms with van der Waals surface area (Å²) < 4.78 is 23.3. The van der Waals surface area contributed by atoms with E-state index in [2.05, 4.69) is 31.3 Å². The minimum absolute atomic E-state index is 0.00993. The Morgan fingerprint density at radius 1 is 0.586 bits per heavy atom. The summed E-state index contributed by atoms with van der Waals surface area (Å²) in [6.45, 7) is 4.73. The third-order valence-corrected chi connectivity index (χ3v) is 12.5. The Bertz CT molecular complexity index is 958. The van der Waals surface area contributed by atoms with Gasteiger partial charge in [0.2, 0.25) is 5.91 Å². The Labute approximate surface area is 361 Å². The van der Waals surface area contributed by atoms with Crippen molar-refractivity contribution in [3.8, 4) is 0 Å². The molecule has 2 N–H and O–H groups in total. The molecule has 0 saturated heterocycles. The van der Waals surface area contributed by atoms with Crippen molar-refractivity contribution in [2.24, 2.45) is 0 Å². The molecule has 0 aromatic rings. The molecule has 0 fully saturated rings. The molecule has 0 radical (unpaired) electrons. The zero-order valence-electron chi connectivity index (χ0n) is 39.3. The first kappa shape index (κ1) is 57.2. The highest BCUT2D eigenvalue weighted by Gasteiger charge is 2.24. The van der Waals surface area contributed by atoms with Gasteiger partial charge in [-0.05, 0) is 38.5 Å². The standard InChI is InChI=1S/C49H99N2O6P/c1-6-8-10-12-14-16-18-20-22-24-25-26-27-29-31-33-35-37-39-41-43-49(53)50-47(46-57-58(54,55)56-45-44-51(3,4)5)48(52)42-40-38-36-34-32-30-28-23-21-19-17-15-13-11-9-7-2/h32,34,47-48,52H,6-31,33,35-46H2,1-5H3,(H-,50,53,54,55)/b34-32+/t47-,48+/m0/s1. The van der Waals surface area contributed by atoms with E-state index in [1.807, 2.05) is 21.1 Å². The highest BCUT2D eigenvalue weighted by Crippen LogP contribution is 2.38. The van der Waals surface area contributed by atoms with Crippen molar-refractivity contribution in [3.63, 3.8) is 0 Å². The van der Waals surface area contributed by atoms with Crippen molar-refractivity contribution >= 4 is 13.7 Å². The lowest BCUT2D eigenvalue weighted by atomic mass is 10.0. The van der Waals surface area contributed by atoms with Crippen LogP contribution in [-0.2, 0) is 18.4 Å². The van der Waals surface area contributed by atoms with Crippen molar-refractivity contribution in [3.05, 3.63) is 12.2 Å². The van der Waals surface area contributed by atoms with E-state index < -0.39 is 20.0 Å². The van der Waals surface area contributed by atoms with E-state index in [0.29, 0.717) is 23.9 Å². The van der Waals surface area contributed by atoms with Crippen LogP contribution in [0.5, 0.6) is 0 Å². The van der Waals surface area contributed by atoms with Crippen LogP contribution in [-0.4, -0.2) is 68.5 Å². The van der Waals surface area contributed by atoms with Gasteiger partial charge in [-0.2, -0.15) is 0 Å². The van der Waals surface area contributed by atoms with Gasteiger partial charge < -0.3 is 28.8 Å². The number of unbranched alkanes of at least 4 members (excludes halogenated alkanes) is 31. The quantitative estimate of drug-likeness (QED) is 0.0273. The van der Waals surface area contributed by atoms with E-state index in [-0.39, 0.29) is 19.1 Å². The van der Waals surface area contributed by atoms with Crippen molar-refractivity contribution in [1.82, 2.24) is 5.32 Å².